The van der Waals surface area contributed by atoms with Crippen molar-refractivity contribution >= 4 is 5.91 Å². The molecule has 0 aliphatic heterocycles. The van der Waals surface area contributed by atoms with Crippen LogP contribution in [-0.4, -0.2) is 43.7 Å². The minimum Gasteiger partial charge on any atom is -0.345 e. The highest BCUT2D eigenvalue weighted by Crippen LogP contribution is 2.16. The summed E-state index contributed by atoms with van der Waals surface area (Å²) in [6.07, 6.45) is 6.41. The van der Waals surface area contributed by atoms with E-state index in [4.69, 9.17) is 0 Å². The Morgan fingerprint density at radius 3 is 2.76 bits per heavy atom. The molecule has 0 spiro atoms. The number of hydrogen-bond donors (Lipinski definition) is 0. The second-order valence-corrected chi connectivity index (χ2v) is 5.38. The van der Waals surface area contributed by atoms with Crippen LogP contribution in [0.15, 0.2) is 24.7 Å². The monoisotopic (exact) mass is 289 g/mol. The van der Waals surface area contributed by atoms with E-state index >= 15 is 0 Å². The number of aryl methyl sites for hydroxylation is 3. The highest BCUT2D eigenvalue weighted by molar-refractivity contribution is 5.82. The van der Waals surface area contributed by atoms with E-state index in [2.05, 4.69) is 14.6 Å². The molecular weight excluding hydrogens is 266 g/mol. The highest BCUT2D eigenvalue weighted by atomic mass is 16.2. The Hall–Kier alpha value is -2.11. The summed E-state index contributed by atoms with van der Waals surface area (Å²) in [6, 6.07) is 1.89. The normalized spacial score (nSPS) is 12.4. The Morgan fingerprint density at radius 1 is 1.43 bits per heavy atom. The summed E-state index contributed by atoms with van der Waals surface area (Å²) in [6.45, 7) is 5.53. The van der Waals surface area contributed by atoms with Gasteiger partial charge in [-0.2, -0.15) is 5.10 Å². The summed E-state index contributed by atoms with van der Waals surface area (Å²) in [5, 5.41) is 4.12. The first-order chi connectivity index (χ1) is 10.0. The average Bonchev–Trinajstić information content (AvgIpc) is 3.06. The molecule has 0 aromatic carbocycles. The Bertz CT molecular complexity index is 601. The molecule has 0 fully saturated rings. The Kier molecular flexibility index (Phi) is 4.77. The van der Waals surface area contributed by atoms with Crippen molar-refractivity contribution in [1.29, 1.82) is 0 Å². The first-order valence-corrected chi connectivity index (χ1v) is 7.21. The fraction of sp³-hybridized carbons (Fsp3) is 0.533. The lowest BCUT2D eigenvalue weighted by molar-refractivity contribution is -0.131. The minimum atomic E-state index is -0.169. The Balaban J connectivity index is 1.85. The second kappa shape index (κ2) is 6.56. The van der Waals surface area contributed by atoms with Crippen LogP contribution in [0.2, 0.25) is 0 Å². The number of likely N-dealkylation sites (N-methyl/N-ethyl adjacent to an activating group) is 1. The van der Waals surface area contributed by atoms with Crippen molar-refractivity contribution in [3.05, 3.63) is 36.2 Å². The molecule has 21 heavy (non-hydrogen) atoms. The van der Waals surface area contributed by atoms with Gasteiger partial charge in [-0.15, -0.1) is 0 Å². The Labute approximate surface area is 125 Å². The molecule has 0 aliphatic carbocycles. The summed E-state index contributed by atoms with van der Waals surface area (Å²) in [5.41, 5.74) is 0.942. The molecule has 1 atom stereocenters. The van der Waals surface area contributed by atoms with Crippen LogP contribution in [0.1, 0.15) is 30.8 Å². The first kappa shape index (κ1) is 15.3. The predicted octanol–water partition coefficient (Wildman–Crippen LogP) is 1.58. The largest absolute Gasteiger partial charge is 0.345 e. The van der Waals surface area contributed by atoms with Crippen LogP contribution >= 0.6 is 0 Å². The van der Waals surface area contributed by atoms with Crippen molar-refractivity contribution in [2.45, 2.75) is 32.7 Å². The van der Waals surface area contributed by atoms with E-state index in [9.17, 15) is 4.79 Å². The third-order valence-electron chi connectivity index (χ3n) is 3.87. The fourth-order valence-electron chi connectivity index (χ4n) is 2.49. The smallest absolute Gasteiger partial charge is 0.231 e. The first-order valence-electron chi connectivity index (χ1n) is 7.21. The second-order valence-electron chi connectivity index (χ2n) is 5.38. The lowest BCUT2D eigenvalue weighted by Crippen LogP contribution is -2.32. The van der Waals surface area contributed by atoms with Gasteiger partial charge < -0.3 is 9.47 Å². The molecular formula is C15H23N5O. The van der Waals surface area contributed by atoms with E-state index in [1.54, 1.807) is 22.0 Å². The number of amides is 1. The molecule has 1 amide bonds. The molecule has 0 unspecified atom stereocenters. The van der Waals surface area contributed by atoms with Crippen LogP contribution in [-0.2, 0) is 18.4 Å². The molecule has 0 N–H and O–H groups in total. The van der Waals surface area contributed by atoms with Gasteiger partial charge in [0.2, 0.25) is 5.91 Å². The van der Waals surface area contributed by atoms with Crippen molar-refractivity contribution in [3.8, 4) is 0 Å². The van der Waals surface area contributed by atoms with Crippen molar-refractivity contribution in [3.63, 3.8) is 0 Å². The maximum atomic E-state index is 12.4. The van der Waals surface area contributed by atoms with Gasteiger partial charge in [0.15, 0.2) is 0 Å². The van der Waals surface area contributed by atoms with E-state index < -0.39 is 0 Å². The van der Waals surface area contributed by atoms with Crippen LogP contribution in [0.25, 0.3) is 0 Å². The molecule has 0 bridgehead atoms. The van der Waals surface area contributed by atoms with Crippen LogP contribution in [0, 0.1) is 6.92 Å². The number of carbonyl (C=O) groups is 1. The van der Waals surface area contributed by atoms with E-state index in [0.29, 0.717) is 0 Å². The van der Waals surface area contributed by atoms with Crippen molar-refractivity contribution in [2.75, 3.05) is 13.6 Å². The molecule has 2 rings (SSSR count). The Morgan fingerprint density at radius 2 is 2.19 bits per heavy atom. The molecule has 2 heterocycles. The van der Waals surface area contributed by atoms with Crippen molar-refractivity contribution in [1.82, 2.24) is 24.2 Å². The van der Waals surface area contributed by atoms with Gasteiger partial charge in [-0.05, 0) is 26.3 Å². The molecule has 0 saturated carbocycles. The third kappa shape index (κ3) is 3.51. The third-order valence-corrected chi connectivity index (χ3v) is 3.87. The lowest BCUT2D eigenvalue weighted by atomic mass is 10.1. The van der Waals surface area contributed by atoms with E-state index in [0.717, 1.165) is 31.0 Å². The van der Waals surface area contributed by atoms with Gasteiger partial charge in [-0.3, -0.25) is 9.48 Å². The lowest BCUT2D eigenvalue weighted by Gasteiger charge is -2.21. The van der Waals surface area contributed by atoms with Crippen molar-refractivity contribution < 1.29 is 4.79 Å². The van der Waals surface area contributed by atoms with Gasteiger partial charge >= 0.3 is 0 Å². The van der Waals surface area contributed by atoms with E-state index in [-0.39, 0.29) is 11.8 Å². The van der Waals surface area contributed by atoms with Gasteiger partial charge in [-0.1, -0.05) is 0 Å². The SMILES string of the molecule is Cc1nccn1CCCN(C)C(=O)[C@H](C)c1ccnn1C. The van der Waals surface area contributed by atoms with Crippen LogP contribution in [0.4, 0.5) is 0 Å². The topological polar surface area (TPSA) is 56.0 Å². The molecule has 0 aliphatic rings. The summed E-state index contributed by atoms with van der Waals surface area (Å²) >= 11 is 0. The molecule has 0 radical (unpaired) electrons. The van der Waals surface area contributed by atoms with Gasteiger partial charge in [0.25, 0.3) is 0 Å². The standard InChI is InChI=1S/C15H23N5O/c1-12(14-6-7-17-19(14)4)15(21)18(3)9-5-10-20-11-8-16-13(20)2/h6-8,11-12H,5,9-10H2,1-4H3/t12-/m1/s1. The van der Waals surface area contributed by atoms with Crippen LogP contribution < -0.4 is 0 Å². The maximum Gasteiger partial charge on any atom is 0.231 e. The predicted molar refractivity (Wildman–Crippen MR) is 80.8 cm³/mol. The minimum absolute atomic E-state index is 0.126. The van der Waals surface area contributed by atoms with E-state index in [1.165, 1.54) is 0 Å². The highest BCUT2D eigenvalue weighted by Gasteiger charge is 2.21. The van der Waals surface area contributed by atoms with Gasteiger partial charge in [0.05, 0.1) is 11.6 Å². The van der Waals surface area contributed by atoms with Crippen molar-refractivity contribution in [2.24, 2.45) is 7.05 Å². The molecule has 6 heteroatoms. The molecule has 0 saturated heterocycles. The fourth-order valence-corrected chi connectivity index (χ4v) is 2.49. The number of carbonyl (C=O) groups excluding carboxylic acids is 1. The van der Waals surface area contributed by atoms with Gasteiger partial charge in [0, 0.05) is 45.8 Å². The zero-order chi connectivity index (χ0) is 15.4. The average molecular weight is 289 g/mol. The van der Waals surface area contributed by atoms with Gasteiger partial charge in [0.1, 0.15) is 5.82 Å². The molecule has 2 aromatic heterocycles. The quantitative estimate of drug-likeness (QED) is 0.811. The number of nitrogens with zero attached hydrogens (tertiary/aromatic N) is 5. The maximum absolute atomic E-state index is 12.4. The molecule has 2 aromatic rings. The molecule has 114 valence electrons. The zero-order valence-electron chi connectivity index (χ0n) is 13.2. The number of aromatic nitrogens is 4. The molecule has 6 nitrogen and oxygen atoms in total. The zero-order valence-corrected chi connectivity index (χ0v) is 13.2. The number of hydrogen-bond acceptors (Lipinski definition) is 3. The summed E-state index contributed by atoms with van der Waals surface area (Å²) < 4.78 is 3.86. The number of rotatable bonds is 6. The number of imidazole rings is 1. The van der Waals surface area contributed by atoms with Crippen LogP contribution in [0.5, 0.6) is 0 Å². The van der Waals surface area contributed by atoms with E-state index in [1.807, 2.05) is 40.2 Å². The van der Waals surface area contributed by atoms with Crippen LogP contribution in [0.3, 0.4) is 0 Å². The summed E-state index contributed by atoms with van der Waals surface area (Å²) in [4.78, 5) is 18.4. The van der Waals surface area contributed by atoms with Gasteiger partial charge in [-0.25, -0.2) is 4.98 Å². The summed E-state index contributed by atoms with van der Waals surface area (Å²) in [5.74, 6) is 0.964. The summed E-state index contributed by atoms with van der Waals surface area (Å²) in [7, 11) is 3.72.